The molecule has 1 aliphatic rings. The summed E-state index contributed by atoms with van der Waals surface area (Å²) in [6, 6.07) is 6.50. The normalized spacial score (nSPS) is 15.0. The van der Waals surface area contributed by atoms with E-state index in [1.54, 1.807) is 11.3 Å². The van der Waals surface area contributed by atoms with Gasteiger partial charge in [-0.25, -0.2) is 4.98 Å². The van der Waals surface area contributed by atoms with Crippen molar-refractivity contribution >= 4 is 38.9 Å². The second kappa shape index (κ2) is 5.29. The van der Waals surface area contributed by atoms with Crippen LogP contribution in [0.15, 0.2) is 28.1 Å². The van der Waals surface area contributed by atoms with Gasteiger partial charge in [0, 0.05) is 33.0 Å². The molecule has 1 aromatic heterocycles. The smallest absolute Gasteiger partial charge is 0.124 e. The highest BCUT2D eigenvalue weighted by molar-refractivity contribution is 9.10. The third-order valence-corrected chi connectivity index (χ3v) is 4.71. The van der Waals surface area contributed by atoms with Gasteiger partial charge in [0.15, 0.2) is 0 Å². The Morgan fingerprint density at radius 1 is 1.44 bits per heavy atom. The van der Waals surface area contributed by atoms with Gasteiger partial charge in [-0.05, 0) is 31.0 Å². The number of nitrogens with zero attached hydrogens (tertiary/aromatic N) is 1. The summed E-state index contributed by atoms with van der Waals surface area (Å²) in [5.41, 5.74) is 2.17. The zero-order chi connectivity index (χ0) is 12.5. The number of hydrogen-bond donors (Lipinski definition) is 1. The van der Waals surface area contributed by atoms with E-state index in [1.807, 2.05) is 18.2 Å². The number of rotatable bonds is 4. The van der Waals surface area contributed by atoms with Crippen LogP contribution in [-0.4, -0.2) is 11.0 Å². The van der Waals surface area contributed by atoms with Gasteiger partial charge in [0.05, 0.1) is 5.69 Å². The van der Waals surface area contributed by atoms with E-state index in [1.165, 1.54) is 12.8 Å². The van der Waals surface area contributed by atoms with Crippen molar-refractivity contribution < 1.29 is 0 Å². The molecule has 2 nitrogen and oxygen atoms in total. The molecule has 1 saturated carbocycles. The molecule has 0 bridgehead atoms. The Hall–Kier alpha value is -0.420. The summed E-state index contributed by atoms with van der Waals surface area (Å²) in [5.74, 6) is 0. The lowest BCUT2D eigenvalue weighted by atomic mass is 10.2. The van der Waals surface area contributed by atoms with Crippen molar-refractivity contribution in [2.24, 2.45) is 0 Å². The minimum atomic E-state index is 0.716. The van der Waals surface area contributed by atoms with Gasteiger partial charge in [-0.15, -0.1) is 11.3 Å². The molecular formula is C13H12BrClN2S. The highest BCUT2D eigenvalue weighted by Gasteiger charge is 2.20. The van der Waals surface area contributed by atoms with E-state index in [2.05, 4.69) is 31.6 Å². The van der Waals surface area contributed by atoms with Crippen molar-refractivity contribution in [3.8, 4) is 10.6 Å². The maximum Gasteiger partial charge on any atom is 0.124 e. The number of hydrogen-bond acceptors (Lipinski definition) is 3. The molecule has 0 radical (unpaired) electrons. The zero-order valence-electron chi connectivity index (χ0n) is 9.62. The predicted octanol–water partition coefficient (Wildman–Crippen LogP) is 4.48. The molecule has 0 saturated heterocycles. The summed E-state index contributed by atoms with van der Waals surface area (Å²) in [5, 5.41) is 7.33. The van der Waals surface area contributed by atoms with Crippen LogP contribution in [0.5, 0.6) is 0 Å². The molecule has 2 aromatic rings. The monoisotopic (exact) mass is 342 g/mol. The molecule has 1 aliphatic carbocycles. The van der Waals surface area contributed by atoms with Gasteiger partial charge in [0.25, 0.3) is 0 Å². The maximum absolute atomic E-state index is 6.03. The average molecular weight is 344 g/mol. The van der Waals surface area contributed by atoms with Crippen LogP contribution in [0.1, 0.15) is 18.5 Å². The van der Waals surface area contributed by atoms with Crippen molar-refractivity contribution in [1.82, 2.24) is 10.3 Å². The van der Waals surface area contributed by atoms with E-state index in [0.717, 1.165) is 32.3 Å². The number of benzene rings is 1. The van der Waals surface area contributed by atoms with Gasteiger partial charge in [0.1, 0.15) is 5.01 Å². The largest absolute Gasteiger partial charge is 0.308 e. The van der Waals surface area contributed by atoms with Gasteiger partial charge in [-0.3, -0.25) is 0 Å². The van der Waals surface area contributed by atoms with E-state index < -0.39 is 0 Å². The molecule has 0 spiro atoms. The fraction of sp³-hybridized carbons (Fsp3) is 0.308. The van der Waals surface area contributed by atoms with E-state index in [0.29, 0.717) is 6.04 Å². The van der Waals surface area contributed by atoms with Crippen molar-refractivity contribution in [2.75, 3.05) is 0 Å². The molecule has 1 aromatic carbocycles. The number of aromatic nitrogens is 1. The lowest BCUT2D eigenvalue weighted by molar-refractivity contribution is 0.678. The van der Waals surface area contributed by atoms with Gasteiger partial charge < -0.3 is 5.32 Å². The van der Waals surface area contributed by atoms with Gasteiger partial charge in [-0.1, -0.05) is 27.5 Å². The lowest BCUT2D eigenvalue weighted by Crippen LogP contribution is -2.15. The SMILES string of the molecule is Clc1ccc(Br)c(-c2nc(CNC3CC3)cs2)c1. The van der Waals surface area contributed by atoms with Crippen LogP contribution in [0.2, 0.25) is 5.02 Å². The summed E-state index contributed by atoms with van der Waals surface area (Å²) < 4.78 is 1.03. The van der Waals surface area contributed by atoms with Crippen LogP contribution in [0, 0.1) is 0 Å². The Morgan fingerprint density at radius 2 is 2.28 bits per heavy atom. The first-order valence-corrected chi connectivity index (χ1v) is 7.90. The third-order valence-electron chi connectivity index (χ3n) is 2.86. The van der Waals surface area contributed by atoms with E-state index >= 15 is 0 Å². The molecule has 0 amide bonds. The summed E-state index contributed by atoms with van der Waals surface area (Å²) in [4.78, 5) is 4.65. The van der Waals surface area contributed by atoms with E-state index in [9.17, 15) is 0 Å². The first-order chi connectivity index (χ1) is 8.72. The van der Waals surface area contributed by atoms with Crippen LogP contribution < -0.4 is 5.32 Å². The van der Waals surface area contributed by atoms with Crippen molar-refractivity contribution in [1.29, 1.82) is 0 Å². The van der Waals surface area contributed by atoms with Crippen molar-refractivity contribution in [3.63, 3.8) is 0 Å². The van der Waals surface area contributed by atoms with Crippen LogP contribution in [0.25, 0.3) is 10.6 Å². The topological polar surface area (TPSA) is 24.9 Å². The molecule has 18 heavy (non-hydrogen) atoms. The number of halogens is 2. The number of nitrogens with one attached hydrogen (secondary N) is 1. The van der Waals surface area contributed by atoms with Crippen LogP contribution >= 0.6 is 38.9 Å². The quantitative estimate of drug-likeness (QED) is 0.885. The van der Waals surface area contributed by atoms with E-state index in [-0.39, 0.29) is 0 Å². The molecule has 1 N–H and O–H groups in total. The Bertz CT molecular complexity index is 566. The molecule has 0 atom stereocenters. The summed E-state index contributed by atoms with van der Waals surface area (Å²) in [6.07, 6.45) is 2.60. The van der Waals surface area contributed by atoms with Gasteiger partial charge >= 0.3 is 0 Å². The number of thiazole rings is 1. The highest BCUT2D eigenvalue weighted by Crippen LogP contribution is 2.33. The van der Waals surface area contributed by atoms with Gasteiger partial charge in [-0.2, -0.15) is 0 Å². The molecule has 1 heterocycles. The second-order valence-electron chi connectivity index (χ2n) is 4.42. The second-order valence-corrected chi connectivity index (χ2v) is 6.57. The fourth-order valence-electron chi connectivity index (χ4n) is 1.71. The fourth-order valence-corrected chi connectivity index (χ4v) is 3.30. The third kappa shape index (κ3) is 2.94. The Morgan fingerprint density at radius 3 is 3.06 bits per heavy atom. The van der Waals surface area contributed by atoms with Crippen molar-refractivity contribution in [3.05, 3.63) is 38.8 Å². The standard InChI is InChI=1S/C13H12BrClN2S/c14-12-4-1-8(15)5-11(12)13-17-10(7-18-13)6-16-9-2-3-9/h1,4-5,7,9,16H,2-3,6H2. The first kappa shape index (κ1) is 12.6. The molecule has 1 fully saturated rings. The van der Waals surface area contributed by atoms with Crippen molar-refractivity contribution in [2.45, 2.75) is 25.4 Å². The summed E-state index contributed by atoms with van der Waals surface area (Å²) >= 11 is 11.2. The molecule has 5 heteroatoms. The minimum Gasteiger partial charge on any atom is -0.308 e. The van der Waals surface area contributed by atoms with Crippen LogP contribution in [0.3, 0.4) is 0 Å². The first-order valence-electron chi connectivity index (χ1n) is 5.85. The Labute approximate surface area is 124 Å². The zero-order valence-corrected chi connectivity index (χ0v) is 12.8. The minimum absolute atomic E-state index is 0.716. The van der Waals surface area contributed by atoms with Gasteiger partial charge in [0.2, 0.25) is 0 Å². The van der Waals surface area contributed by atoms with Crippen LogP contribution in [-0.2, 0) is 6.54 Å². The molecule has 0 unspecified atom stereocenters. The molecule has 94 valence electrons. The summed E-state index contributed by atoms with van der Waals surface area (Å²) in [6.45, 7) is 0.860. The van der Waals surface area contributed by atoms with Crippen LogP contribution in [0.4, 0.5) is 0 Å². The molecule has 3 rings (SSSR count). The Balaban J connectivity index is 1.80. The molecular weight excluding hydrogens is 332 g/mol. The highest BCUT2D eigenvalue weighted by atomic mass is 79.9. The summed E-state index contributed by atoms with van der Waals surface area (Å²) in [7, 11) is 0. The van der Waals surface area contributed by atoms with E-state index in [4.69, 9.17) is 11.6 Å². The average Bonchev–Trinajstić information content (AvgIpc) is 3.08. The molecule has 0 aliphatic heterocycles. The lowest BCUT2D eigenvalue weighted by Gasteiger charge is -2.01. The maximum atomic E-state index is 6.03. The predicted molar refractivity (Wildman–Crippen MR) is 80.1 cm³/mol. The Kier molecular flexibility index (Phi) is 3.71.